The van der Waals surface area contributed by atoms with E-state index in [1.807, 2.05) is 0 Å². The van der Waals surface area contributed by atoms with Gasteiger partial charge in [-0.05, 0) is 11.3 Å². The molecule has 15 heavy (non-hydrogen) atoms. The molecule has 1 atom stereocenters. The third-order valence-corrected chi connectivity index (χ3v) is 5.11. The van der Waals surface area contributed by atoms with Gasteiger partial charge in [0.2, 0.25) is 0 Å². The molecule has 0 aromatic rings. The van der Waals surface area contributed by atoms with E-state index >= 15 is 0 Å². The van der Waals surface area contributed by atoms with E-state index in [4.69, 9.17) is 0 Å². The first-order valence-corrected chi connectivity index (χ1v) is 10.0. The molecular formula is C13H31NSi. The lowest BCUT2D eigenvalue weighted by Gasteiger charge is -2.39. The van der Waals surface area contributed by atoms with Gasteiger partial charge in [0.25, 0.3) is 0 Å². The van der Waals surface area contributed by atoms with Gasteiger partial charge in [-0.2, -0.15) is 0 Å². The second-order valence-electron chi connectivity index (χ2n) is 7.08. The fraction of sp³-hybridized carbons (Fsp3) is 1.00. The smallest absolute Gasteiger partial charge is 0.0448 e. The van der Waals surface area contributed by atoms with Gasteiger partial charge in [-0.1, -0.05) is 60.3 Å². The van der Waals surface area contributed by atoms with E-state index in [9.17, 15) is 0 Å². The van der Waals surface area contributed by atoms with Crippen LogP contribution < -0.4 is 5.32 Å². The minimum absolute atomic E-state index is 0.467. The van der Waals surface area contributed by atoms with E-state index in [0.717, 1.165) is 12.5 Å². The molecule has 0 amide bonds. The average Bonchev–Trinajstić information content (AvgIpc) is 1.97. The standard InChI is InChI=1S/C13H31NSi/c1-11(2)13(5,9-14-12(3)4)10-15(6,7)8/h11-12,14H,9-10H2,1-8H3. The van der Waals surface area contributed by atoms with Gasteiger partial charge < -0.3 is 5.32 Å². The summed E-state index contributed by atoms with van der Waals surface area (Å²) >= 11 is 0. The lowest BCUT2D eigenvalue weighted by molar-refractivity contribution is 0.229. The van der Waals surface area contributed by atoms with Crippen LogP contribution in [0.15, 0.2) is 0 Å². The molecule has 0 aliphatic carbocycles. The van der Waals surface area contributed by atoms with Crippen molar-refractivity contribution in [1.82, 2.24) is 5.32 Å². The van der Waals surface area contributed by atoms with Crippen LogP contribution in [0.2, 0.25) is 25.7 Å². The summed E-state index contributed by atoms with van der Waals surface area (Å²) < 4.78 is 0. The van der Waals surface area contributed by atoms with Gasteiger partial charge in [0, 0.05) is 20.7 Å². The van der Waals surface area contributed by atoms with E-state index in [1.165, 1.54) is 6.04 Å². The van der Waals surface area contributed by atoms with E-state index in [1.54, 1.807) is 0 Å². The van der Waals surface area contributed by atoms with Crippen LogP contribution in [0.3, 0.4) is 0 Å². The number of nitrogens with one attached hydrogen (secondary N) is 1. The first kappa shape index (κ1) is 15.2. The van der Waals surface area contributed by atoms with Gasteiger partial charge >= 0.3 is 0 Å². The summed E-state index contributed by atoms with van der Waals surface area (Å²) in [4.78, 5) is 0. The molecule has 0 aromatic carbocycles. The zero-order valence-corrected chi connectivity index (χ0v) is 13.1. The van der Waals surface area contributed by atoms with Crippen molar-refractivity contribution in [3.05, 3.63) is 0 Å². The summed E-state index contributed by atoms with van der Waals surface area (Å²) in [6, 6.07) is 2.02. The van der Waals surface area contributed by atoms with Crippen molar-refractivity contribution in [2.24, 2.45) is 11.3 Å². The Balaban J connectivity index is 4.46. The van der Waals surface area contributed by atoms with Crippen LogP contribution in [-0.4, -0.2) is 20.7 Å². The topological polar surface area (TPSA) is 12.0 Å². The quantitative estimate of drug-likeness (QED) is 0.679. The number of hydrogen-bond acceptors (Lipinski definition) is 1. The van der Waals surface area contributed by atoms with Crippen LogP contribution in [0.1, 0.15) is 34.6 Å². The van der Waals surface area contributed by atoms with Gasteiger partial charge in [-0.25, -0.2) is 0 Å². The minimum Gasteiger partial charge on any atom is -0.314 e. The molecule has 0 aliphatic rings. The Morgan fingerprint density at radius 1 is 1.07 bits per heavy atom. The highest BCUT2D eigenvalue weighted by atomic mass is 28.3. The van der Waals surface area contributed by atoms with Crippen molar-refractivity contribution in [1.29, 1.82) is 0 Å². The molecule has 1 nitrogen and oxygen atoms in total. The summed E-state index contributed by atoms with van der Waals surface area (Å²) in [5, 5.41) is 3.61. The third kappa shape index (κ3) is 6.36. The maximum Gasteiger partial charge on any atom is 0.0448 e. The second kappa shape index (κ2) is 5.49. The van der Waals surface area contributed by atoms with Crippen molar-refractivity contribution in [2.75, 3.05) is 6.54 Å². The molecule has 0 rings (SSSR count). The molecule has 2 heteroatoms. The number of rotatable bonds is 6. The summed E-state index contributed by atoms with van der Waals surface area (Å²) in [5.74, 6) is 0.760. The SMILES string of the molecule is CC(C)NCC(C)(C[Si](C)(C)C)C(C)C. The molecule has 0 spiro atoms. The van der Waals surface area contributed by atoms with Crippen LogP contribution >= 0.6 is 0 Å². The van der Waals surface area contributed by atoms with Gasteiger partial charge in [-0.15, -0.1) is 0 Å². The van der Waals surface area contributed by atoms with Crippen LogP contribution in [0, 0.1) is 11.3 Å². The maximum atomic E-state index is 3.61. The summed E-state index contributed by atoms with van der Waals surface area (Å²) in [5.41, 5.74) is 0.467. The molecule has 1 unspecified atom stereocenters. The maximum absolute atomic E-state index is 3.61. The van der Waals surface area contributed by atoms with Crippen molar-refractivity contribution in [3.63, 3.8) is 0 Å². The van der Waals surface area contributed by atoms with Crippen molar-refractivity contribution < 1.29 is 0 Å². The fourth-order valence-electron chi connectivity index (χ4n) is 2.12. The first-order valence-electron chi connectivity index (χ1n) is 6.30. The molecule has 0 heterocycles. The Labute approximate surface area is 98.0 Å². The van der Waals surface area contributed by atoms with Gasteiger partial charge in [0.05, 0.1) is 0 Å². The zero-order valence-electron chi connectivity index (χ0n) is 12.1. The first-order chi connectivity index (χ1) is 6.57. The van der Waals surface area contributed by atoms with E-state index in [2.05, 4.69) is 59.6 Å². The predicted octanol–water partition coefficient (Wildman–Crippen LogP) is 3.98. The molecule has 0 saturated carbocycles. The van der Waals surface area contributed by atoms with Crippen LogP contribution in [0.5, 0.6) is 0 Å². The van der Waals surface area contributed by atoms with Crippen molar-refractivity contribution in [3.8, 4) is 0 Å². The molecule has 0 aromatic heterocycles. The van der Waals surface area contributed by atoms with E-state index < -0.39 is 8.07 Å². The summed E-state index contributed by atoms with van der Waals surface area (Å²) in [6.45, 7) is 20.2. The average molecular weight is 229 g/mol. The van der Waals surface area contributed by atoms with Gasteiger partial charge in [0.1, 0.15) is 0 Å². The molecule has 0 bridgehead atoms. The molecule has 0 radical (unpaired) electrons. The Morgan fingerprint density at radius 3 is 1.80 bits per heavy atom. The molecule has 1 N–H and O–H groups in total. The van der Waals surface area contributed by atoms with Crippen LogP contribution in [-0.2, 0) is 0 Å². The Bertz CT molecular complexity index is 181. The molecule has 0 fully saturated rings. The zero-order chi connectivity index (χ0) is 12.3. The lowest BCUT2D eigenvalue weighted by Crippen LogP contribution is -2.43. The Hall–Kier alpha value is 0.177. The lowest BCUT2D eigenvalue weighted by atomic mass is 9.80. The highest BCUT2D eigenvalue weighted by Gasteiger charge is 2.33. The largest absolute Gasteiger partial charge is 0.314 e. The third-order valence-electron chi connectivity index (χ3n) is 3.24. The van der Waals surface area contributed by atoms with Crippen LogP contribution in [0.4, 0.5) is 0 Å². The van der Waals surface area contributed by atoms with Gasteiger partial charge in [0.15, 0.2) is 0 Å². The Morgan fingerprint density at radius 2 is 1.53 bits per heavy atom. The van der Waals surface area contributed by atoms with Crippen molar-refractivity contribution in [2.45, 2.75) is 66.3 Å². The molecular weight excluding hydrogens is 198 g/mol. The summed E-state index contributed by atoms with van der Waals surface area (Å²) in [7, 11) is -0.967. The number of hydrogen-bond donors (Lipinski definition) is 1. The highest BCUT2D eigenvalue weighted by Crippen LogP contribution is 2.35. The molecule has 0 aliphatic heterocycles. The van der Waals surface area contributed by atoms with E-state index in [0.29, 0.717) is 11.5 Å². The second-order valence-corrected chi connectivity index (χ2v) is 12.6. The minimum atomic E-state index is -0.967. The summed E-state index contributed by atoms with van der Waals surface area (Å²) in [6.07, 6.45) is 0. The van der Waals surface area contributed by atoms with E-state index in [-0.39, 0.29) is 0 Å². The normalized spacial score (nSPS) is 17.2. The molecule has 92 valence electrons. The van der Waals surface area contributed by atoms with Crippen molar-refractivity contribution >= 4 is 8.07 Å². The van der Waals surface area contributed by atoms with Crippen LogP contribution in [0.25, 0.3) is 0 Å². The fourth-order valence-corrected chi connectivity index (χ4v) is 5.08. The van der Waals surface area contributed by atoms with Gasteiger partial charge in [-0.3, -0.25) is 0 Å². The predicted molar refractivity (Wildman–Crippen MR) is 74.2 cm³/mol. The Kier molecular flexibility index (Phi) is 5.55. The monoisotopic (exact) mass is 229 g/mol. The highest BCUT2D eigenvalue weighted by molar-refractivity contribution is 6.76. The molecule has 0 saturated heterocycles.